The van der Waals surface area contributed by atoms with E-state index in [-0.39, 0.29) is 11.8 Å². The molecule has 0 radical (unpaired) electrons. The van der Waals surface area contributed by atoms with Gasteiger partial charge in [0, 0.05) is 31.6 Å². The van der Waals surface area contributed by atoms with Crippen molar-refractivity contribution in [2.45, 2.75) is 26.3 Å². The van der Waals surface area contributed by atoms with Crippen LogP contribution in [0.25, 0.3) is 0 Å². The van der Waals surface area contributed by atoms with Crippen LogP contribution in [-0.4, -0.2) is 29.8 Å². The van der Waals surface area contributed by atoms with Crippen LogP contribution in [0, 0.1) is 6.92 Å². The molecule has 2 amide bonds. The number of hydrogen-bond donors (Lipinski definition) is 1. The summed E-state index contributed by atoms with van der Waals surface area (Å²) in [6.45, 7) is 3.71. The van der Waals surface area contributed by atoms with Crippen LogP contribution in [0.4, 0.5) is 4.79 Å². The van der Waals surface area contributed by atoms with Crippen molar-refractivity contribution in [1.82, 2.24) is 10.2 Å². The maximum absolute atomic E-state index is 12.3. The predicted molar refractivity (Wildman–Crippen MR) is 94.1 cm³/mol. The fourth-order valence-corrected chi connectivity index (χ4v) is 2.95. The smallest absolute Gasteiger partial charge is 0.317 e. The molecule has 0 saturated carbocycles. The molecule has 124 valence electrons. The number of nitrogens with one attached hydrogen (secondary N) is 1. The SMILES string of the molecule is Cc1ccc(C(=O)CCNC(=O)N2CCc3ccccc3C2)cc1. The van der Waals surface area contributed by atoms with Crippen molar-refractivity contribution in [3.05, 3.63) is 70.8 Å². The van der Waals surface area contributed by atoms with Gasteiger partial charge in [-0.15, -0.1) is 0 Å². The molecule has 1 N–H and O–H groups in total. The minimum absolute atomic E-state index is 0.0549. The van der Waals surface area contributed by atoms with Gasteiger partial charge in [-0.3, -0.25) is 4.79 Å². The highest BCUT2D eigenvalue weighted by Crippen LogP contribution is 2.18. The summed E-state index contributed by atoms with van der Waals surface area (Å²) >= 11 is 0. The van der Waals surface area contributed by atoms with Gasteiger partial charge in [0.15, 0.2) is 5.78 Å². The molecular weight excluding hydrogens is 300 g/mol. The van der Waals surface area contributed by atoms with Crippen molar-refractivity contribution in [3.8, 4) is 0 Å². The van der Waals surface area contributed by atoms with Crippen molar-refractivity contribution in [2.75, 3.05) is 13.1 Å². The van der Waals surface area contributed by atoms with E-state index in [2.05, 4.69) is 17.4 Å². The second-order valence-corrected chi connectivity index (χ2v) is 6.21. The molecule has 1 aliphatic heterocycles. The summed E-state index contributed by atoms with van der Waals surface area (Å²) in [5.74, 6) is 0.0549. The monoisotopic (exact) mass is 322 g/mol. The predicted octanol–water partition coefficient (Wildman–Crippen LogP) is 3.34. The summed E-state index contributed by atoms with van der Waals surface area (Å²) < 4.78 is 0. The van der Waals surface area contributed by atoms with E-state index in [1.807, 2.05) is 43.3 Å². The van der Waals surface area contributed by atoms with Crippen LogP contribution in [-0.2, 0) is 13.0 Å². The van der Waals surface area contributed by atoms with Crippen molar-refractivity contribution in [1.29, 1.82) is 0 Å². The third-order valence-corrected chi connectivity index (χ3v) is 4.42. The fourth-order valence-electron chi connectivity index (χ4n) is 2.95. The highest BCUT2D eigenvalue weighted by atomic mass is 16.2. The second-order valence-electron chi connectivity index (χ2n) is 6.21. The number of urea groups is 1. The van der Waals surface area contributed by atoms with Crippen LogP contribution in [0.2, 0.25) is 0 Å². The first kappa shape index (κ1) is 16.2. The largest absolute Gasteiger partial charge is 0.338 e. The Balaban J connectivity index is 1.48. The third kappa shape index (κ3) is 3.82. The Morgan fingerprint density at radius 2 is 1.75 bits per heavy atom. The number of aryl methyl sites for hydroxylation is 1. The number of nitrogens with zero attached hydrogens (tertiary/aromatic N) is 1. The molecule has 0 saturated heterocycles. The van der Waals surface area contributed by atoms with Crippen LogP contribution in [0.3, 0.4) is 0 Å². The van der Waals surface area contributed by atoms with E-state index in [4.69, 9.17) is 0 Å². The first-order valence-electron chi connectivity index (χ1n) is 8.33. The van der Waals surface area contributed by atoms with Gasteiger partial charge >= 0.3 is 6.03 Å². The zero-order valence-corrected chi connectivity index (χ0v) is 13.9. The molecule has 1 aliphatic rings. The number of fused-ring (bicyclic) bond motifs is 1. The van der Waals surface area contributed by atoms with Crippen molar-refractivity contribution >= 4 is 11.8 Å². The number of rotatable bonds is 4. The molecule has 0 unspecified atom stereocenters. The van der Waals surface area contributed by atoms with Gasteiger partial charge in [0.05, 0.1) is 0 Å². The van der Waals surface area contributed by atoms with Gasteiger partial charge in [-0.2, -0.15) is 0 Å². The molecule has 3 rings (SSSR count). The molecule has 0 bridgehead atoms. The van der Waals surface area contributed by atoms with Crippen LogP contribution < -0.4 is 5.32 Å². The summed E-state index contributed by atoms with van der Waals surface area (Å²) in [6.07, 6.45) is 1.20. The molecule has 24 heavy (non-hydrogen) atoms. The molecule has 2 aromatic rings. The van der Waals surface area contributed by atoms with E-state index < -0.39 is 0 Å². The van der Waals surface area contributed by atoms with Crippen LogP contribution in [0.1, 0.15) is 33.5 Å². The number of Topliss-reactive ketones (excluding diaryl/α,β-unsaturated/α-hetero) is 1. The van der Waals surface area contributed by atoms with Crippen molar-refractivity contribution in [3.63, 3.8) is 0 Å². The zero-order chi connectivity index (χ0) is 16.9. The zero-order valence-electron chi connectivity index (χ0n) is 13.9. The lowest BCUT2D eigenvalue weighted by molar-refractivity contribution is 0.0983. The van der Waals surface area contributed by atoms with E-state index in [1.54, 1.807) is 4.90 Å². The van der Waals surface area contributed by atoms with E-state index in [1.165, 1.54) is 11.1 Å². The van der Waals surface area contributed by atoms with Crippen molar-refractivity contribution < 1.29 is 9.59 Å². The maximum atomic E-state index is 12.3. The van der Waals surface area contributed by atoms with E-state index >= 15 is 0 Å². The van der Waals surface area contributed by atoms with Gasteiger partial charge in [-0.25, -0.2) is 4.79 Å². The van der Waals surface area contributed by atoms with Gasteiger partial charge in [0.2, 0.25) is 0 Å². The molecule has 0 aliphatic carbocycles. The normalized spacial score (nSPS) is 13.3. The standard InChI is InChI=1S/C20H22N2O2/c1-15-6-8-17(9-7-15)19(23)10-12-21-20(24)22-13-11-16-4-2-3-5-18(16)14-22/h2-9H,10-14H2,1H3,(H,21,24). The van der Waals surface area contributed by atoms with Crippen LogP contribution in [0.15, 0.2) is 48.5 Å². The van der Waals surface area contributed by atoms with Crippen LogP contribution >= 0.6 is 0 Å². The Labute approximate surface area is 142 Å². The molecule has 0 aromatic heterocycles. The average molecular weight is 322 g/mol. The Hall–Kier alpha value is -2.62. The minimum Gasteiger partial charge on any atom is -0.338 e. The lowest BCUT2D eigenvalue weighted by atomic mass is 10.0. The summed E-state index contributed by atoms with van der Waals surface area (Å²) in [6, 6.07) is 15.6. The Bertz CT molecular complexity index is 738. The summed E-state index contributed by atoms with van der Waals surface area (Å²) in [4.78, 5) is 26.2. The molecule has 4 nitrogen and oxygen atoms in total. The quantitative estimate of drug-likeness (QED) is 0.878. The van der Waals surface area contributed by atoms with Gasteiger partial charge in [-0.1, -0.05) is 54.1 Å². The topological polar surface area (TPSA) is 49.4 Å². The molecule has 1 heterocycles. The number of carbonyl (C=O) groups excluding carboxylic acids is 2. The minimum atomic E-state index is -0.0961. The van der Waals surface area contributed by atoms with Crippen molar-refractivity contribution in [2.24, 2.45) is 0 Å². The first-order chi connectivity index (χ1) is 11.6. The number of hydrogen-bond acceptors (Lipinski definition) is 2. The number of ketones is 1. The maximum Gasteiger partial charge on any atom is 0.317 e. The van der Waals surface area contributed by atoms with E-state index in [0.717, 1.165) is 18.5 Å². The number of benzene rings is 2. The average Bonchev–Trinajstić information content (AvgIpc) is 2.61. The van der Waals surface area contributed by atoms with Crippen LogP contribution in [0.5, 0.6) is 0 Å². The molecular formula is C20H22N2O2. The highest BCUT2D eigenvalue weighted by molar-refractivity contribution is 5.96. The Morgan fingerprint density at radius 1 is 1.04 bits per heavy atom. The Morgan fingerprint density at radius 3 is 2.50 bits per heavy atom. The van der Waals surface area contributed by atoms with Gasteiger partial charge in [0.25, 0.3) is 0 Å². The lowest BCUT2D eigenvalue weighted by Gasteiger charge is -2.28. The Kier molecular flexibility index (Phi) is 4.94. The van der Waals surface area contributed by atoms with Gasteiger partial charge in [0.1, 0.15) is 0 Å². The number of amides is 2. The molecule has 4 heteroatoms. The summed E-state index contributed by atoms with van der Waals surface area (Å²) in [5.41, 5.74) is 4.35. The van der Waals surface area contributed by atoms with E-state index in [9.17, 15) is 9.59 Å². The second kappa shape index (κ2) is 7.30. The van der Waals surface area contributed by atoms with Gasteiger partial charge in [-0.05, 0) is 24.5 Å². The summed E-state index contributed by atoms with van der Waals surface area (Å²) in [5, 5.41) is 2.86. The fraction of sp³-hybridized carbons (Fsp3) is 0.300. The molecule has 0 spiro atoms. The van der Waals surface area contributed by atoms with Gasteiger partial charge < -0.3 is 10.2 Å². The van der Waals surface area contributed by atoms with E-state index in [0.29, 0.717) is 25.1 Å². The summed E-state index contributed by atoms with van der Waals surface area (Å²) in [7, 11) is 0. The molecule has 2 aromatic carbocycles. The lowest BCUT2D eigenvalue weighted by Crippen LogP contribution is -2.43. The highest BCUT2D eigenvalue weighted by Gasteiger charge is 2.20. The first-order valence-corrected chi connectivity index (χ1v) is 8.33. The molecule has 0 fully saturated rings. The third-order valence-electron chi connectivity index (χ3n) is 4.42. The number of carbonyl (C=O) groups is 2. The molecule has 0 atom stereocenters.